The summed E-state index contributed by atoms with van der Waals surface area (Å²) in [5.41, 5.74) is 0. The van der Waals surface area contributed by atoms with Crippen molar-refractivity contribution in [2.45, 2.75) is 6.10 Å². The van der Waals surface area contributed by atoms with Gasteiger partial charge in [0.25, 0.3) is 6.61 Å². The first-order valence-electron chi connectivity index (χ1n) is 1.91. The van der Waals surface area contributed by atoms with Gasteiger partial charge in [-0.05, 0) is 0 Å². The minimum atomic E-state index is -0.167. The van der Waals surface area contributed by atoms with Crippen LogP contribution in [-0.4, -0.2) is 19.4 Å². The van der Waals surface area contributed by atoms with Gasteiger partial charge in [-0.25, -0.2) is 0 Å². The summed E-state index contributed by atoms with van der Waals surface area (Å²) in [5.74, 6) is 0. The Hall–Kier alpha value is -0.570. The fourth-order valence-electron chi connectivity index (χ4n) is 0.307. The number of rotatable bonds is 1. The third kappa shape index (κ3) is 0.899. The molecule has 1 rings (SSSR count). The maximum absolute atomic E-state index is 4.73. The minimum absolute atomic E-state index is 0.167. The van der Waals surface area contributed by atoms with Crippen LogP contribution in [0.25, 0.3) is 0 Å². The molecule has 2 radical (unpaired) electrons. The standard InChI is InChI=1S/C4H5NO2/c1-6-4-2-5-7-3-4/h2,4H,1H3. The van der Waals surface area contributed by atoms with Crippen LogP contribution in [-0.2, 0) is 9.57 Å². The second-order valence-corrected chi connectivity index (χ2v) is 1.12. The fraction of sp³-hybridized carbons (Fsp3) is 0.500. The average Bonchev–Trinajstić information content (AvgIpc) is 2.14. The minimum Gasteiger partial charge on any atom is -0.377 e. The maximum Gasteiger partial charge on any atom is 0.266 e. The molecule has 0 aromatic rings. The highest BCUT2D eigenvalue weighted by Gasteiger charge is 2.11. The maximum atomic E-state index is 4.73. The summed E-state index contributed by atoms with van der Waals surface area (Å²) < 4.78 is 4.73. The first-order chi connectivity index (χ1) is 3.43. The molecular formula is C4H5NO2. The third-order valence-electron chi connectivity index (χ3n) is 0.672. The molecular weight excluding hydrogens is 94.0 g/mol. The zero-order chi connectivity index (χ0) is 5.11. The van der Waals surface area contributed by atoms with Crippen LogP contribution in [0, 0.1) is 6.61 Å². The predicted octanol–water partition coefficient (Wildman–Crippen LogP) is 0.0562. The van der Waals surface area contributed by atoms with E-state index in [9.17, 15) is 0 Å². The number of nitrogens with zero attached hydrogens (tertiary/aromatic N) is 1. The molecule has 1 atom stereocenters. The summed E-state index contributed by atoms with van der Waals surface area (Å²) in [6, 6.07) is 0. The van der Waals surface area contributed by atoms with Crippen LogP contribution in [0.4, 0.5) is 0 Å². The van der Waals surface area contributed by atoms with Crippen LogP contribution < -0.4 is 0 Å². The smallest absolute Gasteiger partial charge is 0.266 e. The van der Waals surface area contributed by atoms with Crippen molar-refractivity contribution in [2.75, 3.05) is 7.11 Å². The molecule has 7 heavy (non-hydrogen) atoms. The highest BCUT2D eigenvalue weighted by atomic mass is 16.7. The Labute approximate surface area is 41.9 Å². The van der Waals surface area contributed by atoms with Crippen molar-refractivity contribution in [1.82, 2.24) is 0 Å². The molecule has 3 nitrogen and oxygen atoms in total. The lowest BCUT2D eigenvalue weighted by molar-refractivity contribution is 0.125. The lowest BCUT2D eigenvalue weighted by Crippen LogP contribution is -2.06. The van der Waals surface area contributed by atoms with Crippen molar-refractivity contribution in [3.8, 4) is 0 Å². The van der Waals surface area contributed by atoms with Crippen LogP contribution >= 0.6 is 0 Å². The molecule has 1 heterocycles. The molecule has 38 valence electrons. The van der Waals surface area contributed by atoms with E-state index < -0.39 is 0 Å². The zero-order valence-electron chi connectivity index (χ0n) is 3.92. The largest absolute Gasteiger partial charge is 0.377 e. The van der Waals surface area contributed by atoms with Gasteiger partial charge in [0.05, 0.1) is 6.21 Å². The van der Waals surface area contributed by atoms with E-state index in [0.717, 1.165) is 0 Å². The lowest BCUT2D eigenvalue weighted by Gasteiger charge is -1.94. The highest BCUT2D eigenvalue weighted by molar-refractivity contribution is 5.65. The van der Waals surface area contributed by atoms with E-state index in [4.69, 9.17) is 4.74 Å². The Bertz CT molecular complexity index is 81.8. The summed E-state index contributed by atoms with van der Waals surface area (Å²) in [6.07, 6.45) is 1.36. The number of methoxy groups -OCH3 is 1. The van der Waals surface area contributed by atoms with Gasteiger partial charge >= 0.3 is 0 Å². The van der Waals surface area contributed by atoms with E-state index in [1.165, 1.54) is 6.21 Å². The van der Waals surface area contributed by atoms with E-state index in [1.54, 1.807) is 7.11 Å². The molecule has 0 saturated carbocycles. The molecule has 0 bridgehead atoms. The van der Waals surface area contributed by atoms with Crippen LogP contribution in [0.2, 0.25) is 0 Å². The summed E-state index contributed by atoms with van der Waals surface area (Å²) in [5, 5.41) is 3.37. The predicted molar refractivity (Wildman–Crippen MR) is 23.6 cm³/mol. The molecule has 1 aliphatic rings. The Morgan fingerprint density at radius 3 is 3.14 bits per heavy atom. The first kappa shape index (κ1) is 4.59. The van der Waals surface area contributed by atoms with Gasteiger partial charge in [0.1, 0.15) is 6.10 Å². The van der Waals surface area contributed by atoms with Crippen LogP contribution in [0.1, 0.15) is 0 Å². The summed E-state index contributed by atoms with van der Waals surface area (Å²) in [4.78, 5) is 4.34. The van der Waals surface area contributed by atoms with E-state index in [-0.39, 0.29) is 6.10 Å². The zero-order valence-corrected chi connectivity index (χ0v) is 3.92. The second-order valence-electron chi connectivity index (χ2n) is 1.12. The SMILES string of the molecule is COC1[C]ON=C1. The molecule has 0 saturated heterocycles. The van der Waals surface area contributed by atoms with Crippen molar-refractivity contribution in [3.63, 3.8) is 0 Å². The van der Waals surface area contributed by atoms with Gasteiger partial charge in [0.2, 0.25) is 0 Å². The molecule has 0 aromatic carbocycles. The number of hydrogen-bond donors (Lipinski definition) is 0. The van der Waals surface area contributed by atoms with Crippen LogP contribution in [0.3, 0.4) is 0 Å². The summed E-state index contributed by atoms with van der Waals surface area (Å²) in [7, 11) is 1.57. The average molecular weight is 99.1 g/mol. The highest BCUT2D eigenvalue weighted by Crippen LogP contribution is 2.00. The van der Waals surface area contributed by atoms with E-state index in [1.807, 2.05) is 0 Å². The molecule has 0 aromatic heterocycles. The molecule has 0 amide bonds. The molecule has 0 aliphatic carbocycles. The lowest BCUT2D eigenvalue weighted by atomic mass is 10.4. The van der Waals surface area contributed by atoms with Gasteiger partial charge in [0.15, 0.2) is 0 Å². The Morgan fingerprint density at radius 2 is 2.86 bits per heavy atom. The van der Waals surface area contributed by atoms with Gasteiger partial charge in [-0.15, -0.1) is 0 Å². The van der Waals surface area contributed by atoms with Crippen molar-refractivity contribution in [2.24, 2.45) is 5.16 Å². The van der Waals surface area contributed by atoms with Crippen molar-refractivity contribution in [1.29, 1.82) is 0 Å². The van der Waals surface area contributed by atoms with Gasteiger partial charge in [-0.1, -0.05) is 5.16 Å². The first-order valence-corrected chi connectivity index (χ1v) is 1.91. The Morgan fingerprint density at radius 1 is 2.00 bits per heavy atom. The quantitative estimate of drug-likeness (QED) is 0.465. The number of ether oxygens (including phenoxy) is 1. The molecule has 0 spiro atoms. The van der Waals surface area contributed by atoms with E-state index in [0.29, 0.717) is 0 Å². The monoisotopic (exact) mass is 99.0 g/mol. The van der Waals surface area contributed by atoms with Crippen molar-refractivity contribution < 1.29 is 9.57 Å². The molecule has 3 heteroatoms. The normalized spacial score (nSPS) is 27.9. The Kier molecular flexibility index (Phi) is 1.26. The fourth-order valence-corrected chi connectivity index (χ4v) is 0.307. The van der Waals surface area contributed by atoms with Crippen LogP contribution in [0.15, 0.2) is 5.16 Å². The van der Waals surface area contributed by atoms with Gasteiger partial charge in [-0.2, -0.15) is 0 Å². The van der Waals surface area contributed by atoms with Gasteiger partial charge in [-0.3, -0.25) is 0 Å². The van der Waals surface area contributed by atoms with Gasteiger partial charge < -0.3 is 9.57 Å². The molecule has 1 unspecified atom stereocenters. The van der Waals surface area contributed by atoms with E-state index in [2.05, 4.69) is 16.6 Å². The molecule has 0 fully saturated rings. The van der Waals surface area contributed by atoms with Crippen molar-refractivity contribution in [3.05, 3.63) is 6.61 Å². The molecule has 1 aliphatic heterocycles. The van der Waals surface area contributed by atoms with Gasteiger partial charge in [0, 0.05) is 7.11 Å². The number of hydrogen-bond acceptors (Lipinski definition) is 3. The van der Waals surface area contributed by atoms with E-state index >= 15 is 0 Å². The summed E-state index contributed by atoms with van der Waals surface area (Å²) in [6.45, 7) is 2.46. The topological polar surface area (TPSA) is 30.8 Å². The molecule has 0 N–H and O–H groups in total. The van der Waals surface area contributed by atoms with Crippen molar-refractivity contribution >= 4 is 6.21 Å². The summed E-state index contributed by atoms with van der Waals surface area (Å²) >= 11 is 0. The van der Waals surface area contributed by atoms with Crippen LogP contribution in [0.5, 0.6) is 0 Å². The Balaban J connectivity index is 2.28. The third-order valence-corrected chi connectivity index (χ3v) is 0.672. The second kappa shape index (κ2) is 1.93. The number of oxime groups is 1.